The Morgan fingerprint density at radius 3 is 2.69 bits per heavy atom. The second-order valence-electron chi connectivity index (χ2n) is 8.10. The van der Waals surface area contributed by atoms with Crippen LogP contribution in [0.2, 0.25) is 0 Å². The fourth-order valence-electron chi connectivity index (χ4n) is 4.02. The Morgan fingerprint density at radius 1 is 1.17 bits per heavy atom. The van der Waals surface area contributed by atoms with Crippen molar-refractivity contribution < 1.29 is 23.5 Å². The minimum Gasteiger partial charge on any atom is -0.465 e. The van der Waals surface area contributed by atoms with Crippen LogP contribution in [-0.4, -0.2) is 58.3 Å². The zero-order valence-corrected chi connectivity index (χ0v) is 19.5. The largest absolute Gasteiger partial charge is 0.465 e. The number of fused-ring (bicyclic) bond motifs is 1. The van der Waals surface area contributed by atoms with E-state index in [9.17, 15) is 14.4 Å². The highest BCUT2D eigenvalue weighted by atomic mass is 19.1. The van der Waals surface area contributed by atoms with Gasteiger partial charge in [0.15, 0.2) is 0 Å². The molecule has 3 aromatic rings. The molecule has 1 aromatic heterocycles. The van der Waals surface area contributed by atoms with Crippen molar-refractivity contribution in [2.45, 2.75) is 26.4 Å². The maximum absolute atomic E-state index is 15.1. The lowest BCUT2D eigenvalue weighted by Crippen LogP contribution is -2.49. The number of hydrogen-bond acceptors (Lipinski definition) is 5. The summed E-state index contributed by atoms with van der Waals surface area (Å²) >= 11 is 0. The summed E-state index contributed by atoms with van der Waals surface area (Å²) < 4.78 is 21.4. The molecule has 10 heteroatoms. The van der Waals surface area contributed by atoms with Crippen LogP contribution < -0.4 is 10.2 Å². The molecule has 2 aromatic carbocycles. The molecule has 0 fully saturated rings. The fourth-order valence-corrected chi connectivity index (χ4v) is 4.02. The zero-order valence-electron chi connectivity index (χ0n) is 19.5. The number of carbonyl (C=O) groups is 3. The topological polar surface area (TPSA) is 96.8 Å². The second-order valence-corrected chi connectivity index (χ2v) is 8.10. The quantitative estimate of drug-likeness (QED) is 0.567. The normalized spacial score (nSPS) is 15.2. The molecule has 1 aliphatic rings. The van der Waals surface area contributed by atoms with Gasteiger partial charge >= 0.3 is 12.0 Å². The lowest BCUT2D eigenvalue weighted by Gasteiger charge is -2.29. The van der Waals surface area contributed by atoms with E-state index in [1.807, 2.05) is 12.1 Å². The van der Waals surface area contributed by atoms with Crippen molar-refractivity contribution in [3.05, 3.63) is 77.9 Å². The van der Waals surface area contributed by atoms with Crippen LogP contribution in [-0.2, 0) is 16.1 Å². The van der Waals surface area contributed by atoms with E-state index in [1.54, 1.807) is 55.4 Å². The summed E-state index contributed by atoms with van der Waals surface area (Å²) in [5.74, 6) is -1.71. The number of esters is 1. The predicted octanol–water partition coefficient (Wildman–Crippen LogP) is 3.14. The van der Waals surface area contributed by atoms with Crippen LogP contribution in [0, 0.1) is 5.82 Å². The van der Waals surface area contributed by atoms with Gasteiger partial charge in [-0.1, -0.05) is 18.2 Å². The number of ether oxygens (including phenoxy) is 1. The SMILES string of the molecule is CCOC(=O)CNC(=O)N1Cc2ccccc2N(C(=O)c2ccc(-n3cccn3)cc2F)C[C@H]1C. The molecule has 0 unspecified atom stereocenters. The number of rotatable bonds is 5. The number of amides is 3. The van der Waals surface area contributed by atoms with E-state index in [0.29, 0.717) is 11.4 Å². The number of anilines is 1. The molecule has 0 bridgehead atoms. The van der Waals surface area contributed by atoms with Gasteiger partial charge in [0.2, 0.25) is 0 Å². The van der Waals surface area contributed by atoms with Crippen LogP contribution in [0.4, 0.5) is 14.9 Å². The molecule has 2 heterocycles. The highest BCUT2D eigenvalue weighted by Gasteiger charge is 2.32. The summed E-state index contributed by atoms with van der Waals surface area (Å²) in [6.45, 7) is 3.81. The average Bonchev–Trinajstić information content (AvgIpc) is 3.34. The lowest BCUT2D eigenvalue weighted by molar-refractivity contribution is -0.141. The maximum Gasteiger partial charge on any atom is 0.325 e. The van der Waals surface area contributed by atoms with Gasteiger partial charge in [-0.2, -0.15) is 5.10 Å². The third-order valence-electron chi connectivity index (χ3n) is 5.75. The molecule has 0 saturated heterocycles. The second kappa shape index (κ2) is 10.4. The number of aromatic nitrogens is 2. The number of benzene rings is 2. The number of nitrogens with zero attached hydrogens (tertiary/aromatic N) is 4. The molecule has 1 aliphatic heterocycles. The molecular formula is C25H26FN5O4. The van der Waals surface area contributed by atoms with Gasteiger partial charge in [0.25, 0.3) is 5.91 Å². The first-order valence-electron chi connectivity index (χ1n) is 11.3. The predicted molar refractivity (Wildman–Crippen MR) is 127 cm³/mol. The molecule has 0 radical (unpaired) electrons. The van der Waals surface area contributed by atoms with E-state index in [4.69, 9.17) is 4.74 Å². The van der Waals surface area contributed by atoms with Gasteiger partial charge in [0.05, 0.1) is 17.9 Å². The van der Waals surface area contributed by atoms with E-state index >= 15 is 4.39 Å². The zero-order chi connectivity index (χ0) is 24.9. The standard InChI is InChI=1S/C25H26FN5O4/c1-3-35-23(32)14-27-25(34)29-16-18-7-4-5-8-22(18)30(15-17(29)2)24(33)20-10-9-19(13-21(20)26)31-12-6-11-28-31/h4-13,17H,3,14-16H2,1-2H3,(H,27,34)/t17-/m1/s1. The van der Waals surface area contributed by atoms with Crippen molar-refractivity contribution in [1.29, 1.82) is 0 Å². The molecule has 9 nitrogen and oxygen atoms in total. The third-order valence-corrected chi connectivity index (χ3v) is 5.75. The Morgan fingerprint density at radius 2 is 1.97 bits per heavy atom. The number of hydrogen-bond donors (Lipinski definition) is 1. The summed E-state index contributed by atoms with van der Waals surface area (Å²) in [6.07, 6.45) is 3.27. The van der Waals surface area contributed by atoms with Crippen LogP contribution in [0.3, 0.4) is 0 Å². The smallest absolute Gasteiger partial charge is 0.325 e. The number of nitrogens with one attached hydrogen (secondary N) is 1. The van der Waals surface area contributed by atoms with Crippen LogP contribution >= 0.6 is 0 Å². The van der Waals surface area contributed by atoms with E-state index in [1.165, 1.54) is 21.7 Å². The van der Waals surface area contributed by atoms with Gasteiger partial charge in [0, 0.05) is 43.3 Å². The van der Waals surface area contributed by atoms with Gasteiger partial charge < -0.3 is 19.9 Å². The lowest BCUT2D eigenvalue weighted by atomic mass is 10.1. The highest BCUT2D eigenvalue weighted by molar-refractivity contribution is 6.07. The summed E-state index contributed by atoms with van der Waals surface area (Å²) in [6, 6.07) is 12.4. The fraction of sp³-hybridized carbons (Fsp3) is 0.280. The molecule has 35 heavy (non-hydrogen) atoms. The Kier molecular flexibility index (Phi) is 7.09. The van der Waals surface area contributed by atoms with E-state index in [2.05, 4.69) is 10.4 Å². The number of halogens is 1. The molecule has 0 aliphatic carbocycles. The Bertz CT molecular complexity index is 1230. The summed E-state index contributed by atoms with van der Waals surface area (Å²) in [4.78, 5) is 41.1. The third kappa shape index (κ3) is 5.16. The molecule has 4 rings (SSSR count). The van der Waals surface area contributed by atoms with Crippen molar-refractivity contribution in [2.24, 2.45) is 0 Å². The number of carbonyl (C=O) groups excluding carboxylic acids is 3. The highest BCUT2D eigenvalue weighted by Crippen LogP contribution is 2.29. The summed E-state index contributed by atoms with van der Waals surface area (Å²) in [5, 5.41) is 6.66. The van der Waals surface area contributed by atoms with Crippen LogP contribution in [0.5, 0.6) is 0 Å². The molecule has 1 N–H and O–H groups in total. The first-order valence-corrected chi connectivity index (χ1v) is 11.3. The average molecular weight is 480 g/mol. The number of para-hydroxylation sites is 1. The van der Waals surface area contributed by atoms with Gasteiger partial charge in [-0.05, 0) is 43.7 Å². The van der Waals surface area contributed by atoms with Crippen molar-refractivity contribution in [3.8, 4) is 5.69 Å². The number of urea groups is 1. The first-order chi connectivity index (χ1) is 16.9. The Balaban J connectivity index is 1.59. The monoisotopic (exact) mass is 479 g/mol. The van der Waals surface area contributed by atoms with Gasteiger partial charge in [-0.15, -0.1) is 0 Å². The van der Waals surface area contributed by atoms with Crippen molar-refractivity contribution >= 4 is 23.6 Å². The van der Waals surface area contributed by atoms with E-state index in [-0.39, 0.29) is 31.8 Å². The van der Waals surface area contributed by atoms with E-state index < -0.39 is 29.8 Å². The van der Waals surface area contributed by atoms with Gasteiger partial charge in [-0.3, -0.25) is 9.59 Å². The molecule has 0 saturated carbocycles. The molecule has 0 spiro atoms. The van der Waals surface area contributed by atoms with Crippen LogP contribution in [0.25, 0.3) is 5.69 Å². The van der Waals surface area contributed by atoms with Crippen LogP contribution in [0.15, 0.2) is 60.9 Å². The molecular weight excluding hydrogens is 453 g/mol. The summed E-state index contributed by atoms with van der Waals surface area (Å²) in [5.41, 5.74) is 1.74. The first kappa shape index (κ1) is 23.9. The van der Waals surface area contributed by atoms with Crippen molar-refractivity contribution in [3.63, 3.8) is 0 Å². The van der Waals surface area contributed by atoms with E-state index in [0.717, 1.165) is 5.56 Å². The maximum atomic E-state index is 15.1. The van der Waals surface area contributed by atoms with Crippen molar-refractivity contribution in [2.75, 3.05) is 24.6 Å². The molecule has 1 atom stereocenters. The minimum atomic E-state index is -0.665. The molecule has 3 amide bonds. The van der Waals surface area contributed by atoms with Gasteiger partial charge in [-0.25, -0.2) is 13.9 Å². The van der Waals surface area contributed by atoms with Gasteiger partial charge in [0.1, 0.15) is 12.4 Å². The summed E-state index contributed by atoms with van der Waals surface area (Å²) in [7, 11) is 0. The molecule has 182 valence electrons. The minimum absolute atomic E-state index is 0.0804. The van der Waals surface area contributed by atoms with Crippen molar-refractivity contribution in [1.82, 2.24) is 20.0 Å². The Labute approximate surface area is 202 Å². The van der Waals surface area contributed by atoms with Crippen LogP contribution in [0.1, 0.15) is 29.8 Å². The Hall–Kier alpha value is -4.21.